The van der Waals surface area contributed by atoms with E-state index in [1.54, 1.807) is 12.1 Å². The van der Waals surface area contributed by atoms with E-state index in [1.807, 2.05) is 26.0 Å². The van der Waals surface area contributed by atoms with Crippen LogP contribution in [0.3, 0.4) is 0 Å². The molecule has 0 saturated carbocycles. The molecule has 2 heterocycles. The van der Waals surface area contributed by atoms with Crippen molar-refractivity contribution in [2.24, 2.45) is 0 Å². The average molecular weight is 405 g/mol. The Balaban J connectivity index is 1.47. The molecule has 1 fully saturated rings. The number of benzene rings is 1. The summed E-state index contributed by atoms with van der Waals surface area (Å²) in [6.45, 7) is 7.84. The van der Waals surface area contributed by atoms with Gasteiger partial charge in [0.05, 0.1) is 23.9 Å². The third-order valence-electron chi connectivity index (χ3n) is 4.24. The highest BCUT2D eigenvalue weighted by atomic mass is 35.5. The molecule has 1 aromatic heterocycles. The molecule has 0 spiro atoms. The number of urea groups is 1. The van der Waals surface area contributed by atoms with Crippen LogP contribution in [0.2, 0.25) is 5.02 Å². The van der Waals surface area contributed by atoms with E-state index in [2.05, 4.69) is 30.8 Å². The molecule has 3 N–H and O–H groups in total. The zero-order chi connectivity index (χ0) is 19.9. The van der Waals surface area contributed by atoms with Gasteiger partial charge in [-0.05, 0) is 31.5 Å². The van der Waals surface area contributed by atoms with Crippen LogP contribution in [-0.2, 0) is 4.74 Å². The van der Waals surface area contributed by atoms with Crippen molar-refractivity contribution < 1.29 is 9.53 Å². The highest BCUT2D eigenvalue weighted by molar-refractivity contribution is 6.33. The van der Waals surface area contributed by atoms with Crippen LogP contribution in [0.4, 0.5) is 22.2 Å². The summed E-state index contributed by atoms with van der Waals surface area (Å²) in [5, 5.41) is 9.19. The second-order valence-electron chi connectivity index (χ2n) is 6.58. The first kappa shape index (κ1) is 20.2. The van der Waals surface area contributed by atoms with Crippen LogP contribution >= 0.6 is 11.6 Å². The number of ether oxygens (including phenoxy) is 1. The quantitative estimate of drug-likeness (QED) is 0.641. The number of morpholine rings is 1. The number of hydrogen-bond acceptors (Lipinski definition) is 6. The monoisotopic (exact) mass is 404 g/mol. The molecule has 0 bridgehead atoms. The maximum Gasteiger partial charge on any atom is 0.319 e. The van der Waals surface area contributed by atoms with Crippen molar-refractivity contribution in [1.29, 1.82) is 0 Å². The number of nitrogens with one attached hydrogen (secondary N) is 3. The summed E-state index contributed by atoms with van der Waals surface area (Å²) in [6, 6.07) is 7.13. The van der Waals surface area contributed by atoms with Gasteiger partial charge in [0.15, 0.2) is 0 Å². The average Bonchev–Trinajstić information content (AvgIpc) is 2.68. The van der Waals surface area contributed by atoms with Gasteiger partial charge < -0.3 is 25.6 Å². The van der Waals surface area contributed by atoms with Gasteiger partial charge in [-0.1, -0.05) is 17.7 Å². The van der Waals surface area contributed by atoms with E-state index < -0.39 is 0 Å². The summed E-state index contributed by atoms with van der Waals surface area (Å²) in [6.07, 6.45) is 0. The van der Waals surface area contributed by atoms with Crippen molar-refractivity contribution in [3.05, 3.63) is 40.5 Å². The van der Waals surface area contributed by atoms with Gasteiger partial charge in [0, 0.05) is 37.9 Å². The smallest absolute Gasteiger partial charge is 0.319 e. The van der Waals surface area contributed by atoms with Crippen molar-refractivity contribution in [3.63, 3.8) is 0 Å². The molecule has 0 unspecified atom stereocenters. The Bertz CT molecular complexity index is 826. The Morgan fingerprint density at radius 2 is 1.96 bits per heavy atom. The molecule has 0 atom stereocenters. The van der Waals surface area contributed by atoms with Gasteiger partial charge in [-0.25, -0.2) is 9.78 Å². The zero-order valence-corrected chi connectivity index (χ0v) is 16.8. The number of carbonyl (C=O) groups excluding carboxylic acids is 1. The maximum absolute atomic E-state index is 12.0. The molecule has 1 aromatic carbocycles. The first-order chi connectivity index (χ1) is 13.5. The van der Waals surface area contributed by atoms with E-state index in [9.17, 15) is 4.79 Å². The van der Waals surface area contributed by atoms with E-state index in [1.165, 1.54) is 0 Å². The molecule has 1 saturated heterocycles. The number of amides is 2. The second kappa shape index (κ2) is 9.57. The van der Waals surface area contributed by atoms with Gasteiger partial charge in [0.2, 0.25) is 5.95 Å². The lowest BCUT2D eigenvalue weighted by Crippen LogP contribution is -2.37. The van der Waals surface area contributed by atoms with Crippen molar-refractivity contribution in [3.8, 4) is 0 Å². The summed E-state index contributed by atoms with van der Waals surface area (Å²) in [5.74, 6) is 1.43. The Labute approximate surface area is 169 Å². The molecule has 3 rings (SSSR count). The van der Waals surface area contributed by atoms with Gasteiger partial charge in [0.25, 0.3) is 0 Å². The third-order valence-corrected chi connectivity index (χ3v) is 4.55. The predicted octanol–water partition coefficient (Wildman–Crippen LogP) is 2.82. The fourth-order valence-corrected chi connectivity index (χ4v) is 3.11. The van der Waals surface area contributed by atoms with Crippen LogP contribution in [0.25, 0.3) is 0 Å². The SMILES string of the molecule is Cc1ccc(NC(=O)NCCNc2nc(C)cc(N3CCOCC3)n2)c(Cl)c1. The topological polar surface area (TPSA) is 91.4 Å². The molecule has 8 nitrogen and oxygen atoms in total. The number of aromatic nitrogens is 2. The van der Waals surface area contributed by atoms with Gasteiger partial charge in [-0.2, -0.15) is 4.98 Å². The van der Waals surface area contributed by atoms with Crippen molar-refractivity contribution >= 4 is 35.1 Å². The van der Waals surface area contributed by atoms with Gasteiger partial charge >= 0.3 is 6.03 Å². The third kappa shape index (κ3) is 5.71. The number of rotatable bonds is 6. The summed E-state index contributed by atoms with van der Waals surface area (Å²) >= 11 is 6.13. The molecule has 150 valence electrons. The minimum absolute atomic E-state index is 0.313. The van der Waals surface area contributed by atoms with Gasteiger partial charge in [0.1, 0.15) is 5.82 Å². The molecular formula is C19H25ClN6O2. The van der Waals surface area contributed by atoms with Gasteiger partial charge in [-0.15, -0.1) is 0 Å². The molecule has 1 aliphatic heterocycles. The molecule has 1 aliphatic rings. The molecule has 2 aromatic rings. The summed E-state index contributed by atoms with van der Waals surface area (Å²) in [5.41, 5.74) is 2.50. The van der Waals surface area contributed by atoms with Gasteiger partial charge in [-0.3, -0.25) is 0 Å². The van der Waals surface area contributed by atoms with Crippen molar-refractivity contribution in [2.75, 3.05) is 54.9 Å². The number of carbonyl (C=O) groups is 1. The molecule has 0 radical (unpaired) electrons. The number of nitrogens with zero attached hydrogens (tertiary/aromatic N) is 3. The summed E-state index contributed by atoms with van der Waals surface area (Å²) < 4.78 is 5.38. The number of halogens is 1. The Morgan fingerprint density at radius 1 is 1.18 bits per heavy atom. The Kier molecular flexibility index (Phi) is 6.89. The lowest BCUT2D eigenvalue weighted by Gasteiger charge is -2.28. The zero-order valence-electron chi connectivity index (χ0n) is 16.1. The van der Waals surface area contributed by atoms with Crippen LogP contribution in [0.1, 0.15) is 11.3 Å². The number of hydrogen-bond donors (Lipinski definition) is 3. The Morgan fingerprint density at radius 3 is 2.71 bits per heavy atom. The normalized spacial score (nSPS) is 13.9. The van der Waals surface area contributed by atoms with E-state index >= 15 is 0 Å². The van der Waals surface area contributed by atoms with Crippen molar-refractivity contribution in [1.82, 2.24) is 15.3 Å². The minimum atomic E-state index is -0.313. The highest BCUT2D eigenvalue weighted by Crippen LogP contribution is 2.22. The van der Waals surface area contributed by atoms with Crippen LogP contribution in [0, 0.1) is 13.8 Å². The van der Waals surface area contributed by atoms with E-state index in [-0.39, 0.29) is 6.03 Å². The molecule has 28 heavy (non-hydrogen) atoms. The molecule has 2 amide bonds. The predicted molar refractivity (Wildman–Crippen MR) is 112 cm³/mol. The Hall–Kier alpha value is -2.58. The fraction of sp³-hybridized carbons (Fsp3) is 0.421. The second-order valence-corrected chi connectivity index (χ2v) is 6.99. The van der Waals surface area contributed by atoms with E-state index in [0.29, 0.717) is 43.0 Å². The number of aryl methyl sites for hydroxylation is 2. The molecule has 9 heteroatoms. The lowest BCUT2D eigenvalue weighted by molar-refractivity contribution is 0.122. The van der Waals surface area contributed by atoms with Crippen LogP contribution in [-0.4, -0.2) is 55.4 Å². The first-order valence-corrected chi connectivity index (χ1v) is 9.62. The summed E-state index contributed by atoms with van der Waals surface area (Å²) in [4.78, 5) is 23.2. The molecular weight excluding hydrogens is 380 g/mol. The van der Waals surface area contributed by atoms with E-state index in [0.717, 1.165) is 30.2 Å². The van der Waals surface area contributed by atoms with Crippen LogP contribution in [0.15, 0.2) is 24.3 Å². The van der Waals surface area contributed by atoms with Crippen LogP contribution in [0.5, 0.6) is 0 Å². The highest BCUT2D eigenvalue weighted by Gasteiger charge is 2.14. The number of anilines is 3. The van der Waals surface area contributed by atoms with Crippen LogP contribution < -0.4 is 20.9 Å². The lowest BCUT2D eigenvalue weighted by atomic mass is 10.2. The largest absolute Gasteiger partial charge is 0.378 e. The van der Waals surface area contributed by atoms with E-state index in [4.69, 9.17) is 16.3 Å². The molecule has 0 aliphatic carbocycles. The maximum atomic E-state index is 12.0. The minimum Gasteiger partial charge on any atom is -0.378 e. The summed E-state index contributed by atoms with van der Waals surface area (Å²) in [7, 11) is 0. The fourth-order valence-electron chi connectivity index (χ4n) is 2.82. The first-order valence-electron chi connectivity index (χ1n) is 9.24. The standard InChI is InChI=1S/C19H25ClN6O2/c1-13-3-4-16(15(20)11-13)24-19(27)22-6-5-21-18-23-14(2)12-17(25-18)26-7-9-28-10-8-26/h3-4,11-12H,5-10H2,1-2H3,(H,21,23,25)(H2,22,24,27). The van der Waals surface area contributed by atoms with Crippen molar-refractivity contribution in [2.45, 2.75) is 13.8 Å².